The molecule has 1 saturated heterocycles. The molecule has 1 heterocycles. The van der Waals surface area contributed by atoms with Crippen molar-refractivity contribution in [2.24, 2.45) is 0 Å². The average Bonchev–Trinajstić information content (AvgIpc) is 3.52. The zero-order valence-electron chi connectivity index (χ0n) is 16.9. The zero-order valence-corrected chi connectivity index (χ0v) is 16.9. The van der Waals surface area contributed by atoms with Crippen molar-refractivity contribution in [2.45, 2.75) is 44.8 Å². The van der Waals surface area contributed by atoms with E-state index >= 15 is 0 Å². The summed E-state index contributed by atoms with van der Waals surface area (Å²) in [4.78, 5) is 17.3. The minimum atomic E-state index is -0.0630. The van der Waals surface area contributed by atoms with Gasteiger partial charge in [0.2, 0.25) is 5.91 Å². The van der Waals surface area contributed by atoms with Crippen LogP contribution in [0.15, 0.2) is 24.3 Å². The number of morpholine rings is 1. The lowest BCUT2D eigenvalue weighted by molar-refractivity contribution is -0.123. The van der Waals surface area contributed by atoms with Gasteiger partial charge in [-0.15, -0.1) is 0 Å². The quantitative estimate of drug-likeness (QED) is 0.714. The monoisotopic (exact) mass is 375 g/mol. The van der Waals surface area contributed by atoms with Crippen LogP contribution in [0.25, 0.3) is 0 Å². The summed E-state index contributed by atoms with van der Waals surface area (Å²) in [5.74, 6) is 0.982. The van der Waals surface area contributed by atoms with Crippen LogP contribution >= 0.6 is 0 Å². The molecule has 1 saturated carbocycles. The highest BCUT2D eigenvalue weighted by atomic mass is 16.5. The Bertz CT molecular complexity index is 625. The second kappa shape index (κ2) is 9.04. The predicted molar refractivity (Wildman–Crippen MR) is 106 cm³/mol. The lowest BCUT2D eigenvalue weighted by Crippen LogP contribution is -2.56. The lowest BCUT2D eigenvalue weighted by atomic mass is 10.0. The van der Waals surface area contributed by atoms with E-state index in [4.69, 9.17) is 9.47 Å². The maximum absolute atomic E-state index is 12.6. The van der Waals surface area contributed by atoms with Crippen molar-refractivity contribution in [1.29, 1.82) is 0 Å². The standard InChI is InChI=1S/C21H33N3O3/c1-21(2,24-10-12-27-13-11-24)16-22-20(25)15-23(18-8-9-18)14-17-6-4-5-7-19(17)26-3/h4-7,18H,8-16H2,1-3H3,(H,22,25). The molecule has 1 N–H and O–H groups in total. The Morgan fingerprint density at radius 2 is 2.00 bits per heavy atom. The molecule has 150 valence electrons. The summed E-state index contributed by atoms with van der Waals surface area (Å²) < 4.78 is 10.9. The van der Waals surface area contributed by atoms with E-state index in [-0.39, 0.29) is 11.4 Å². The maximum Gasteiger partial charge on any atom is 0.234 e. The van der Waals surface area contributed by atoms with E-state index in [1.165, 1.54) is 12.8 Å². The van der Waals surface area contributed by atoms with Crippen LogP contribution < -0.4 is 10.1 Å². The van der Waals surface area contributed by atoms with Crippen LogP contribution in [0.2, 0.25) is 0 Å². The predicted octanol–water partition coefficient (Wildman–Crippen LogP) is 1.89. The highest BCUT2D eigenvalue weighted by molar-refractivity contribution is 5.78. The Labute approximate surface area is 162 Å². The molecule has 0 bridgehead atoms. The molecule has 0 spiro atoms. The van der Waals surface area contributed by atoms with Crippen molar-refractivity contribution in [3.8, 4) is 5.75 Å². The molecule has 0 unspecified atom stereocenters. The van der Waals surface area contributed by atoms with Gasteiger partial charge >= 0.3 is 0 Å². The normalized spacial score (nSPS) is 18.5. The highest BCUT2D eigenvalue weighted by Gasteiger charge is 2.32. The summed E-state index contributed by atoms with van der Waals surface area (Å²) in [5.41, 5.74) is 1.07. The molecule has 0 aromatic heterocycles. The smallest absolute Gasteiger partial charge is 0.234 e. The number of nitrogens with zero attached hydrogens (tertiary/aromatic N) is 2. The third-order valence-electron chi connectivity index (χ3n) is 5.56. The van der Waals surface area contributed by atoms with Gasteiger partial charge in [0.05, 0.1) is 26.9 Å². The molecule has 0 radical (unpaired) electrons. The summed E-state index contributed by atoms with van der Waals surface area (Å²) in [5, 5.41) is 3.15. The van der Waals surface area contributed by atoms with E-state index in [0.29, 0.717) is 19.1 Å². The minimum absolute atomic E-state index is 0.0630. The summed E-state index contributed by atoms with van der Waals surface area (Å²) in [6.45, 7) is 9.58. The first kappa shape index (κ1) is 20.1. The fraction of sp³-hybridized carbons (Fsp3) is 0.667. The van der Waals surface area contributed by atoms with Crippen molar-refractivity contribution < 1.29 is 14.3 Å². The van der Waals surface area contributed by atoms with Gasteiger partial charge in [0.15, 0.2) is 0 Å². The van der Waals surface area contributed by atoms with Gasteiger partial charge in [0.25, 0.3) is 0 Å². The van der Waals surface area contributed by atoms with Gasteiger partial charge in [0.1, 0.15) is 5.75 Å². The molecule has 1 aromatic carbocycles. The molecule has 27 heavy (non-hydrogen) atoms. The molecule has 1 aromatic rings. The van der Waals surface area contributed by atoms with Gasteiger partial charge in [-0.05, 0) is 32.8 Å². The molecule has 6 nitrogen and oxygen atoms in total. The van der Waals surface area contributed by atoms with E-state index in [1.807, 2.05) is 18.2 Å². The Morgan fingerprint density at radius 3 is 2.67 bits per heavy atom. The number of benzene rings is 1. The fourth-order valence-electron chi connectivity index (χ4n) is 3.64. The average molecular weight is 376 g/mol. The van der Waals surface area contributed by atoms with Crippen LogP contribution in [0.5, 0.6) is 5.75 Å². The fourth-order valence-corrected chi connectivity index (χ4v) is 3.64. The summed E-state index contributed by atoms with van der Waals surface area (Å²) >= 11 is 0. The minimum Gasteiger partial charge on any atom is -0.496 e. The Hall–Kier alpha value is -1.63. The van der Waals surface area contributed by atoms with Crippen LogP contribution in [0.4, 0.5) is 0 Å². The van der Waals surface area contributed by atoms with Crippen LogP contribution in [0, 0.1) is 0 Å². The number of carbonyl (C=O) groups is 1. The second-order valence-electron chi connectivity index (χ2n) is 8.14. The topological polar surface area (TPSA) is 54.0 Å². The lowest BCUT2D eigenvalue weighted by Gasteiger charge is -2.41. The number of methoxy groups -OCH3 is 1. The Balaban J connectivity index is 1.53. The van der Waals surface area contributed by atoms with E-state index in [0.717, 1.165) is 44.2 Å². The second-order valence-corrected chi connectivity index (χ2v) is 8.14. The molecular weight excluding hydrogens is 342 g/mol. The first-order valence-electron chi connectivity index (χ1n) is 9.95. The number of carbonyl (C=O) groups excluding carboxylic acids is 1. The molecule has 0 atom stereocenters. The van der Waals surface area contributed by atoms with Crippen molar-refractivity contribution in [1.82, 2.24) is 15.1 Å². The summed E-state index contributed by atoms with van der Waals surface area (Å²) in [7, 11) is 1.70. The van der Waals surface area contributed by atoms with Crippen LogP contribution in [0.1, 0.15) is 32.3 Å². The first-order chi connectivity index (χ1) is 13.0. The van der Waals surface area contributed by atoms with Crippen LogP contribution in [0.3, 0.4) is 0 Å². The molecule has 1 aliphatic carbocycles. The van der Waals surface area contributed by atoms with Crippen molar-refractivity contribution in [3.63, 3.8) is 0 Å². The van der Waals surface area contributed by atoms with Crippen molar-refractivity contribution in [2.75, 3.05) is 46.5 Å². The van der Waals surface area contributed by atoms with Gasteiger partial charge in [-0.3, -0.25) is 14.6 Å². The van der Waals surface area contributed by atoms with Crippen molar-refractivity contribution in [3.05, 3.63) is 29.8 Å². The van der Waals surface area contributed by atoms with E-state index in [2.05, 4.69) is 35.0 Å². The first-order valence-corrected chi connectivity index (χ1v) is 9.95. The van der Waals surface area contributed by atoms with E-state index in [9.17, 15) is 4.79 Å². The SMILES string of the molecule is COc1ccccc1CN(CC(=O)NCC(C)(C)N1CCOCC1)C1CC1. The molecule has 6 heteroatoms. The Morgan fingerprint density at radius 1 is 1.30 bits per heavy atom. The number of amides is 1. The van der Waals surface area contributed by atoms with Gasteiger partial charge in [-0.1, -0.05) is 18.2 Å². The van der Waals surface area contributed by atoms with Gasteiger partial charge in [0, 0.05) is 43.3 Å². The van der Waals surface area contributed by atoms with E-state index in [1.54, 1.807) is 7.11 Å². The van der Waals surface area contributed by atoms with Gasteiger partial charge < -0.3 is 14.8 Å². The molecule has 2 fully saturated rings. The number of nitrogens with one attached hydrogen (secondary N) is 1. The van der Waals surface area contributed by atoms with Gasteiger partial charge in [-0.2, -0.15) is 0 Å². The maximum atomic E-state index is 12.6. The number of ether oxygens (including phenoxy) is 2. The van der Waals surface area contributed by atoms with E-state index < -0.39 is 0 Å². The Kier molecular flexibility index (Phi) is 6.73. The third-order valence-corrected chi connectivity index (χ3v) is 5.56. The third kappa shape index (κ3) is 5.67. The van der Waals surface area contributed by atoms with Crippen LogP contribution in [-0.2, 0) is 16.1 Å². The van der Waals surface area contributed by atoms with Crippen LogP contribution in [-0.4, -0.2) is 73.8 Å². The zero-order chi connectivity index (χ0) is 19.3. The molecular formula is C21H33N3O3. The summed E-state index contributed by atoms with van der Waals surface area (Å²) in [6.07, 6.45) is 2.34. The molecule has 3 rings (SSSR count). The molecule has 1 amide bonds. The highest BCUT2D eigenvalue weighted by Crippen LogP contribution is 2.30. The number of rotatable bonds is 9. The largest absolute Gasteiger partial charge is 0.496 e. The number of hydrogen-bond donors (Lipinski definition) is 1. The number of hydrogen-bond acceptors (Lipinski definition) is 5. The van der Waals surface area contributed by atoms with Crippen molar-refractivity contribution >= 4 is 5.91 Å². The molecule has 2 aliphatic rings. The van der Waals surface area contributed by atoms with Gasteiger partial charge in [-0.25, -0.2) is 0 Å². The molecule has 1 aliphatic heterocycles. The summed E-state index contributed by atoms with van der Waals surface area (Å²) in [6, 6.07) is 8.56. The number of para-hydroxylation sites is 1.